The maximum atomic E-state index is 13.0. The largest absolute Gasteiger partial charge is 0.493 e. The summed E-state index contributed by atoms with van der Waals surface area (Å²) in [5, 5.41) is 2.70. The van der Waals surface area contributed by atoms with Crippen molar-refractivity contribution in [2.24, 2.45) is 0 Å². The minimum atomic E-state index is -3.72. The number of carbonyl (C=O) groups is 1. The number of carbonyl (C=O) groups excluding carboxylic acids is 1. The van der Waals surface area contributed by atoms with E-state index in [-0.39, 0.29) is 17.4 Å². The zero-order valence-electron chi connectivity index (χ0n) is 18.2. The van der Waals surface area contributed by atoms with Crippen molar-refractivity contribution >= 4 is 27.3 Å². The third-order valence-electron chi connectivity index (χ3n) is 4.74. The van der Waals surface area contributed by atoms with Gasteiger partial charge in [0.05, 0.1) is 17.7 Å². The van der Waals surface area contributed by atoms with Gasteiger partial charge in [0.2, 0.25) is 0 Å². The van der Waals surface area contributed by atoms with Crippen LogP contribution in [0.4, 0.5) is 11.4 Å². The smallest absolute Gasteiger partial charge is 0.264 e. The summed E-state index contributed by atoms with van der Waals surface area (Å²) in [6.45, 7) is 3.80. The second kappa shape index (κ2) is 10.2. The highest BCUT2D eigenvalue weighted by atomic mass is 32.2. The molecule has 0 saturated heterocycles. The first-order valence-corrected chi connectivity index (χ1v) is 11.5. The quantitative estimate of drug-likeness (QED) is 0.523. The lowest BCUT2D eigenvalue weighted by atomic mass is 10.2. The predicted octanol–water partition coefficient (Wildman–Crippen LogP) is 4.24. The lowest BCUT2D eigenvalue weighted by molar-refractivity contribution is -0.118. The molecule has 1 amide bonds. The Bertz CT molecular complexity index is 1160. The number of sulfonamides is 1. The Morgan fingerprint density at radius 3 is 2.28 bits per heavy atom. The van der Waals surface area contributed by atoms with Crippen LogP contribution in [0.5, 0.6) is 11.5 Å². The molecule has 0 spiro atoms. The van der Waals surface area contributed by atoms with E-state index in [4.69, 9.17) is 9.47 Å². The average Bonchev–Trinajstić information content (AvgIpc) is 2.79. The number of methoxy groups -OCH3 is 1. The van der Waals surface area contributed by atoms with E-state index in [2.05, 4.69) is 5.32 Å². The van der Waals surface area contributed by atoms with Gasteiger partial charge in [0.15, 0.2) is 18.1 Å². The van der Waals surface area contributed by atoms with E-state index < -0.39 is 10.0 Å². The van der Waals surface area contributed by atoms with Crippen molar-refractivity contribution in [2.75, 3.05) is 29.9 Å². The molecule has 0 heterocycles. The van der Waals surface area contributed by atoms with Crippen LogP contribution in [0.3, 0.4) is 0 Å². The van der Waals surface area contributed by atoms with Crippen LogP contribution in [0.2, 0.25) is 0 Å². The van der Waals surface area contributed by atoms with Crippen LogP contribution in [0.25, 0.3) is 0 Å². The van der Waals surface area contributed by atoms with Crippen molar-refractivity contribution in [3.05, 3.63) is 78.4 Å². The number of amides is 1. The normalized spacial score (nSPS) is 11.0. The summed E-state index contributed by atoms with van der Waals surface area (Å²) in [6.07, 6.45) is 0. The molecule has 0 fully saturated rings. The molecule has 168 valence electrons. The molecule has 0 radical (unpaired) electrons. The SMILES string of the molecule is CCN(c1ccccc1)S(=O)(=O)c1ccc(NC(=O)COc2ccc(C)cc2OC)cc1. The Morgan fingerprint density at radius 1 is 0.969 bits per heavy atom. The van der Waals surface area contributed by atoms with Crippen LogP contribution in [-0.4, -0.2) is 34.6 Å². The molecule has 0 aliphatic carbocycles. The lowest BCUT2D eigenvalue weighted by Crippen LogP contribution is -2.30. The summed E-state index contributed by atoms with van der Waals surface area (Å²) in [4.78, 5) is 12.4. The molecule has 3 aromatic carbocycles. The fourth-order valence-corrected chi connectivity index (χ4v) is 4.63. The average molecular weight is 455 g/mol. The molecule has 0 bridgehead atoms. The molecular formula is C24H26N2O5S. The van der Waals surface area contributed by atoms with Gasteiger partial charge in [0, 0.05) is 12.2 Å². The number of para-hydroxylation sites is 1. The highest BCUT2D eigenvalue weighted by Gasteiger charge is 2.23. The van der Waals surface area contributed by atoms with Gasteiger partial charge in [0.25, 0.3) is 15.9 Å². The monoisotopic (exact) mass is 454 g/mol. The summed E-state index contributed by atoms with van der Waals surface area (Å²) in [7, 11) is -2.19. The zero-order valence-corrected chi connectivity index (χ0v) is 19.1. The number of hydrogen-bond acceptors (Lipinski definition) is 5. The van der Waals surface area contributed by atoms with Gasteiger partial charge in [-0.05, 0) is 67.9 Å². The van der Waals surface area contributed by atoms with Crippen molar-refractivity contribution in [2.45, 2.75) is 18.7 Å². The van der Waals surface area contributed by atoms with Crippen molar-refractivity contribution in [1.29, 1.82) is 0 Å². The summed E-state index contributed by atoms with van der Waals surface area (Å²) < 4.78 is 38.2. The third kappa shape index (κ3) is 5.39. The predicted molar refractivity (Wildman–Crippen MR) is 125 cm³/mol. The van der Waals surface area contributed by atoms with Crippen LogP contribution < -0.4 is 19.1 Å². The Balaban J connectivity index is 1.66. The third-order valence-corrected chi connectivity index (χ3v) is 6.65. The molecule has 8 heteroatoms. The Hall–Kier alpha value is -3.52. The number of ether oxygens (including phenoxy) is 2. The van der Waals surface area contributed by atoms with Gasteiger partial charge in [-0.1, -0.05) is 24.3 Å². The van der Waals surface area contributed by atoms with E-state index in [0.717, 1.165) is 5.56 Å². The fourth-order valence-electron chi connectivity index (χ4n) is 3.16. The zero-order chi connectivity index (χ0) is 23.1. The summed E-state index contributed by atoms with van der Waals surface area (Å²) >= 11 is 0. The second-order valence-corrected chi connectivity index (χ2v) is 8.88. The highest BCUT2D eigenvalue weighted by Crippen LogP contribution is 2.28. The van der Waals surface area contributed by atoms with E-state index in [1.54, 1.807) is 49.4 Å². The first-order chi connectivity index (χ1) is 15.3. The molecule has 7 nitrogen and oxygen atoms in total. The van der Waals surface area contributed by atoms with E-state index >= 15 is 0 Å². The molecule has 0 unspecified atom stereocenters. The van der Waals surface area contributed by atoms with Crippen LogP contribution in [0.15, 0.2) is 77.7 Å². The van der Waals surface area contributed by atoms with Gasteiger partial charge in [-0.3, -0.25) is 9.10 Å². The van der Waals surface area contributed by atoms with Gasteiger partial charge >= 0.3 is 0 Å². The second-order valence-electron chi connectivity index (χ2n) is 7.02. The number of nitrogens with zero attached hydrogens (tertiary/aromatic N) is 1. The van der Waals surface area contributed by atoms with Gasteiger partial charge in [-0.15, -0.1) is 0 Å². The van der Waals surface area contributed by atoms with E-state index in [0.29, 0.717) is 29.4 Å². The number of aryl methyl sites for hydroxylation is 1. The first kappa shape index (κ1) is 23.1. The molecular weight excluding hydrogens is 428 g/mol. The Morgan fingerprint density at radius 2 is 1.66 bits per heavy atom. The van der Waals surface area contributed by atoms with Crippen molar-refractivity contribution in [3.63, 3.8) is 0 Å². The maximum Gasteiger partial charge on any atom is 0.264 e. The molecule has 32 heavy (non-hydrogen) atoms. The number of nitrogens with one attached hydrogen (secondary N) is 1. The molecule has 3 aromatic rings. The van der Waals surface area contributed by atoms with E-state index in [1.165, 1.54) is 23.5 Å². The van der Waals surface area contributed by atoms with Gasteiger partial charge in [0.1, 0.15) is 0 Å². The van der Waals surface area contributed by atoms with Gasteiger partial charge < -0.3 is 14.8 Å². The highest BCUT2D eigenvalue weighted by molar-refractivity contribution is 7.92. The van der Waals surface area contributed by atoms with E-state index in [1.807, 2.05) is 25.1 Å². The van der Waals surface area contributed by atoms with Crippen molar-refractivity contribution < 1.29 is 22.7 Å². The van der Waals surface area contributed by atoms with Crippen molar-refractivity contribution in [3.8, 4) is 11.5 Å². The minimum Gasteiger partial charge on any atom is -0.493 e. The molecule has 0 saturated carbocycles. The minimum absolute atomic E-state index is 0.141. The summed E-state index contributed by atoms with van der Waals surface area (Å²) in [5.41, 5.74) is 2.08. The Labute approximate surface area is 188 Å². The van der Waals surface area contributed by atoms with Crippen molar-refractivity contribution in [1.82, 2.24) is 0 Å². The number of benzene rings is 3. The Kier molecular flexibility index (Phi) is 7.37. The standard InChI is InChI=1S/C24H26N2O5S/c1-4-26(20-8-6-5-7-9-20)32(28,29)21-13-11-19(12-14-21)25-24(27)17-31-22-15-10-18(2)16-23(22)30-3/h5-16H,4,17H2,1-3H3,(H,25,27). The van der Waals surface area contributed by atoms with Crippen LogP contribution in [0.1, 0.15) is 12.5 Å². The number of rotatable bonds is 9. The van der Waals surface area contributed by atoms with Gasteiger partial charge in [-0.2, -0.15) is 0 Å². The van der Waals surface area contributed by atoms with E-state index in [9.17, 15) is 13.2 Å². The molecule has 0 aliphatic heterocycles. The molecule has 0 aromatic heterocycles. The number of hydrogen-bond donors (Lipinski definition) is 1. The lowest BCUT2D eigenvalue weighted by Gasteiger charge is -2.23. The molecule has 0 aliphatic rings. The van der Waals surface area contributed by atoms with Crippen LogP contribution in [0, 0.1) is 6.92 Å². The maximum absolute atomic E-state index is 13.0. The van der Waals surface area contributed by atoms with Crippen LogP contribution >= 0.6 is 0 Å². The molecule has 0 atom stereocenters. The molecule has 3 rings (SSSR count). The first-order valence-electron chi connectivity index (χ1n) is 10.1. The molecule has 1 N–H and O–H groups in total. The number of anilines is 2. The topological polar surface area (TPSA) is 84.9 Å². The summed E-state index contributed by atoms with van der Waals surface area (Å²) in [5.74, 6) is 0.643. The summed E-state index contributed by atoms with van der Waals surface area (Å²) in [6, 6.07) is 20.4. The van der Waals surface area contributed by atoms with Gasteiger partial charge in [-0.25, -0.2) is 8.42 Å². The van der Waals surface area contributed by atoms with Crippen LogP contribution in [-0.2, 0) is 14.8 Å². The fraction of sp³-hybridized carbons (Fsp3) is 0.208.